The molecule has 1 atom stereocenters. The highest BCUT2D eigenvalue weighted by Gasteiger charge is 2.26. The second kappa shape index (κ2) is 4.75. The van der Waals surface area contributed by atoms with E-state index in [9.17, 15) is 0 Å². The van der Waals surface area contributed by atoms with Gasteiger partial charge < -0.3 is 10.6 Å². The number of nitrogens with zero attached hydrogens (tertiary/aromatic N) is 1. The zero-order chi connectivity index (χ0) is 12.5. The number of hydrogen-bond acceptors (Lipinski definition) is 3. The third-order valence-corrected chi connectivity index (χ3v) is 4.71. The van der Waals surface area contributed by atoms with E-state index in [2.05, 4.69) is 48.2 Å². The summed E-state index contributed by atoms with van der Waals surface area (Å²) in [5.74, 6) is 0. The normalized spacial score (nSPS) is 15.8. The molecule has 94 valence electrons. The first-order valence-electron chi connectivity index (χ1n) is 6.40. The predicted molar refractivity (Wildman–Crippen MR) is 78.3 cm³/mol. The van der Waals surface area contributed by atoms with Crippen molar-refractivity contribution in [3.8, 4) is 0 Å². The Morgan fingerprint density at radius 1 is 1.28 bits per heavy atom. The highest BCUT2D eigenvalue weighted by Crippen LogP contribution is 2.36. The molecule has 0 fully saturated rings. The number of aryl methyl sites for hydroxylation is 1. The monoisotopic (exact) mass is 258 g/mol. The molecular weight excluding hydrogens is 240 g/mol. The van der Waals surface area contributed by atoms with Crippen molar-refractivity contribution >= 4 is 17.0 Å². The summed E-state index contributed by atoms with van der Waals surface area (Å²) < 4.78 is 0. The summed E-state index contributed by atoms with van der Waals surface area (Å²) in [6.45, 7) is 3.91. The van der Waals surface area contributed by atoms with Gasteiger partial charge in [0.15, 0.2) is 0 Å². The summed E-state index contributed by atoms with van der Waals surface area (Å²) in [6.07, 6.45) is 1.14. The number of anilines is 1. The molecule has 2 nitrogen and oxygen atoms in total. The van der Waals surface area contributed by atoms with Crippen molar-refractivity contribution in [2.45, 2.75) is 19.4 Å². The zero-order valence-electron chi connectivity index (χ0n) is 10.6. The molecule has 0 bridgehead atoms. The summed E-state index contributed by atoms with van der Waals surface area (Å²) in [4.78, 5) is 5.20. The molecule has 1 aromatic heterocycles. The average molecular weight is 258 g/mol. The van der Waals surface area contributed by atoms with E-state index in [1.165, 1.54) is 21.0 Å². The lowest BCUT2D eigenvalue weighted by molar-refractivity contribution is 0.659. The first-order valence-corrected chi connectivity index (χ1v) is 7.22. The van der Waals surface area contributed by atoms with Gasteiger partial charge >= 0.3 is 0 Å². The first kappa shape index (κ1) is 11.8. The van der Waals surface area contributed by atoms with Gasteiger partial charge in [0.1, 0.15) is 0 Å². The number of nitrogens with two attached hydrogens (primary N) is 1. The fraction of sp³-hybridized carbons (Fsp3) is 0.333. The van der Waals surface area contributed by atoms with Crippen molar-refractivity contribution in [2.24, 2.45) is 5.73 Å². The Bertz CT molecular complexity index is 547. The van der Waals surface area contributed by atoms with Crippen LogP contribution in [0.4, 0.5) is 5.69 Å². The second-order valence-corrected chi connectivity index (χ2v) is 6.09. The van der Waals surface area contributed by atoms with Crippen LogP contribution in [0.2, 0.25) is 0 Å². The zero-order valence-corrected chi connectivity index (χ0v) is 11.4. The van der Waals surface area contributed by atoms with Crippen LogP contribution in [0.25, 0.3) is 0 Å². The van der Waals surface area contributed by atoms with Crippen LogP contribution in [0.5, 0.6) is 0 Å². The lowest BCUT2D eigenvalue weighted by Crippen LogP contribution is -2.31. The van der Waals surface area contributed by atoms with E-state index in [0.717, 1.165) is 13.0 Å². The number of thiophene rings is 1. The Labute approximate surface area is 112 Å². The molecule has 3 rings (SSSR count). The van der Waals surface area contributed by atoms with Gasteiger partial charge in [0, 0.05) is 28.5 Å². The molecule has 18 heavy (non-hydrogen) atoms. The van der Waals surface area contributed by atoms with Crippen molar-refractivity contribution in [3.05, 3.63) is 51.7 Å². The number of fused-ring (bicyclic) bond motifs is 1. The Kier molecular flexibility index (Phi) is 3.10. The van der Waals surface area contributed by atoms with Crippen molar-refractivity contribution < 1.29 is 0 Å². The largest absolute Gasteiger partial charge is 0.362 e. The van der Waals surface area contributed by atoms with Gasteiger partial charge in [-0.2, -0.15) is 0 Å². The fourth-order valence-electron chi connectivity index (χ4n) is 2.72. The number of hydrogen-bond donors (Lipinski definition) is 1. The molecule has 1 aliphatic heterocycles. The standard InChI is InChI=1S/C15H18N2S/c1-11-6-7-15(18-11)14(10-16)17-9-8-12-4-2-3-5-13(12)17/h2-7,14H,8-10,16H2,1H3. The molecule has 1 unspecified atom stereocenters. The van der Waals surface area contributed by atoms with Gasteiger partial charge in [-0.15, -0.1) is 11.3 Å². The summed E-state index contributed by atoms with van der Waals surface area (Å²) >= 11 is 1.86. The molecule has 0 saturated heterocycles. The van der Waals surface area contributed by atoms with Crippen molar-refractivity contribution in [3.63, 3.8) is 0 Å². The Morgan fingerprint density at radius 2 is 2.11 bits per heavy atom. The molecule has 0 saturated carbocycles. The molecule has 0 aliphatic carbocycles. The SMILES string of the molecule is Cc1ccc(C(CN)N2CCc3ccccc32)s1. The van der Waals surface area contributed by atoms with E-state index in [4.69, 9.17) is 5.73 Å². The van der Waals surface area contributed by atoms with Gasteiger partial charge in [-0.3, -0.25) is 0 Å². The minimum Gasteiger partial charge on any atom is -0.362 e. The molecule has 1 aliphatic rings. The maximum atomic E-state index is 6.02. The van der Waals surface area contributed by atoms with Crippen LogP contribution in [0.3, 0.4) is 0 Å². The maximum absolute atomic E-state index is 6.02. The fourth-order valence-corrected chi connectivity index (χ4v) is 3.72. The van der Waals surface area contributed by atoms with Crippen LogP contribution in [-0.2, 0) is 6.42 Å². The van der Waals surface area contributed by atoms with E-state index in [0.29, 0.717) is 12.6 Å². The molecule has 2 aromatic rings. The van der Waals surface area contributed by atoms with Crippen LogP contribution in [-0.4, -0.2) is 13.1 Å². The topological polar surface area (TPSA) is 29.3 Å². The summed E-state index contributed by atoms with van der Waals surface area (Å²) in [5.41, 5.74) is 8.82. The number of benzene rings is 1. The minimum absolute atomic E-state index is 0.326. The van der Waals surface area contributed by atoms with Gasteiger partial charge in [0.25, 0.3) is 0 Å². The van der Waals surface area contributed by atoms with E-state index < -0.39 is 0 Å². The molecule has 2 N–H and O–H groups in total. The van der Waals surface area contributed by atoms with Crippen molar-refractivity contribution in [2.75, 3.05) is 18.0 Å². The highest BCUT2D eigenvalue weighted by atomic mass is 32.1. The van der Waals surface area contributed by atoms with Crippen LogP contribution in [0.1, 0.15) is 21.4 Å². The summed E-state index contributed by atoms with van der Waals surface area (Å²) in [6, 6.07) is 13.4. The summed E-state index contributed by atoms with van der Waals surface area (Å²) in [7, 11) is 0. The smallest absolute Gasteiger partial charge is 0.0757 e. The quantitative estimate of drug-likeness (QED) is 0.916. The Morgan fingerprint density at radius 3 is 2.83 bits per heavy atom. The van der Waals surface area contributed by atoms with Gasteiger partial charge in [-0.05, 0) is 37.1 Å². The van der Waals surface area contributed by atoms with Gasteiger partial charge in [0.05, 0.1) is 6.04 Å². The summed E-state index contributed by atoms with van der Waals surface area (Å²) in [5, 5.41) is 0. The van der Waals surface area contributed by atoms with E-state index in [1.807, 2.05) is 11.3 Å². The van der Waals surface area contributed by atoms with Crippen molar-refractivity contribution in [1.82, 2.24) is 0 Å². The number of para-hydroxylation sites is 1. The molecule has 1 aromatic carbocycles. The first-order chi connectivity index (χ1) is 8.79. The Balaban J connectivity index is 1.95. The van der Waals surface area contributed by atoms with Crippen LogP contribution < -0.4 is 10.6 Å². The predicted octanol–water partition coefficient (Wildman–Crippen LogP) is 3.12. The molecule has 3 heteroatoms. The highest BCUT2D eigenvalue weighted by molar-refractivity contribution is 7.12. The second-order valence-electron chi connectivity index (χ2n) is 4.77. The molecular formula is C15H18N2S. The lowest BCUT2D eigenvalue weighted by Gasteiger charge is -2.28. The molecule has 0 radical (unpaired) electrons. The van der Waals surface area contributed by atoms with Crippen molar-refractivity contribution in [1.29, 1.82) is 0 Å². The third-order valence-electron chi connectivity index (χ3n) is 3.61. The van der Waals surface area contributed by atoms with Gasteiger partial charge in [-0.1, -0.05) is 18.2 Å². The van der Waals surface area contributed by atoms with E-state index in [-0.39, 0.29) is 0 Å². The van der Waals surface area contributed by atoms with E-state index in [1.54, 1.807) is 0 Å². The maximum Gasteiger partial charge on any atom is 0.0757 e. The molecule has 0 spiro atoms. The van der Waals surface area contributed by atoms with Gasteiger partial charge in [-0.25, -0.2) is 0 Å². The van der Waals surface area contributed by atoms with Crippen LogP contribution >= 0.6 is 11.3 Å². The average Bonchev–Trinajstić information content (AvgIpc) is 2.98. The molecule has 0 amide bonds. The number of rotatable bonds is 3. The van der Waals surface area contributed by atoms with Crippen LogP contribution in [0, 0.1) is 6.92 Å². The third kappa shape index (κ3) is 1.93. The minimum atomic E-state index is 0.326. The lowest BCUT2D eigenvalue weighted by atomic mass is 10.1. The Hall–Kier alpha value is -1.32. The van der Waals surface area contributed by atoms with Crippen LogP contribution in [0.15, 0.2) is 36.4 Å². The van der Waals surface area contributed by atoms with Gasteiger partial charge in [0.2, 0.25) is 0 Å². The van der Waals surface area contributed by atoms with E-state index >= 15 is 0 Å². The molecule has 2 heterocycles.